The summed E-state index contributed by atoms with van der Waals surface area (Å²) in [4.78, 5) is 11.6. The molecule has 0 aromatic carbocycles. The number of ether oxygens (including phenoxy) is 1. The lowest BCUT2D eigenvalue weighted by atomic mass is 10.4. The van der Waals surface area contributed by atoms with Crippen molar-refractivity contribution in [2.24, 2.45) is 0 Å². The number of rotatable bonds is 4. The fourth-order valence-electron chi connectivity index (χ4n) is 0.963. The highest BCUT2D eigenvalue weighted by atomic mass is 79.9. The highest BCUT2D eigenvalue weighted by Crippen LogP contribution is 2.16. The van der Waals surface area contributed by atoms with Gasteiger partial charge in [-0.25, -0.2) is 4.68 Å². The van der Waals surface area contributed by atoms with E-state index in [1.54, 1.807) is 13.3 Å². The fraction of sp³-hybridized carbons (Fsp3) is 0.500. The third-order valence-electron chi connectivity index (χ3n) is 1.66. The number of hydrogen-bond donors (Lipinski definition) is 0. The maximum absolute atomic E-state index is 11.6. The van der Waals surface area contributed by atoms with Crippen LogP contribution in [-0.2, 0) is 11.3 Å². The molecule has 1 aromatic heterocycles. The van der Waals surface area contributed by atoms with E-state index < -0.39 is 0 Å². The minimum atomic E-state index is -0.129. The highest BCUT2D eigenvalue weighted by Gasteiger charge is 2.05. The van der Waals surface area contributed by atoms with Crippen molar-refractivity contribution < 1.29 is 4.74 Å². The lowest BCUT2D eigenvalue weighted by molar-refractivity contribution is 0.188. The second kappa shape index (κ2) is 5.63. The summed E-state index contributed by atoms with van der Waals surface area (Å²) in [6.45, 7) is 1.19. The van der Waals surface area contributed by atoms with Crippen LogP contribution >= 0.6 is 31.9 Å². The van der Waals surface area contributed by atoms with E-state index in [0.717, 1.165) is 6.42 Å². The quantitative estimate of drug-likeness (QED) is 0.793. The van der Waals surface area contributed by atoms with Gasteiger partial charge in [0.25, 0.3) is 5.56 Å². The van der Waals surface area contributed by atoms with Crippen LogP contribution in [0.4, 0.5) is 0 Å². The van der Waals surface area contributed by atoms with Gasteiger partial charge in [-0.15, -0.1) is 0 Å². The van der Waals surface area contributed by atoms with Gasteiger partial charge >= 0.3 is 0 Å². The largest absolute Gasteiger partial charge is 0.385 e. The molecule has 0 saturated carbocycles. The summed E-state index contributed by atoms with van der Waals surface area (Å²) >= 11 is 6.40. The average Bonchev–Trinajstić information content (AvgIpc) is 2.18. The first kappa shape index (κ1) is 11.9. The van der Waals surface area contributed by atoms with Crippen LogP contribution in [0, 0.1) is 0 Å². The van der Waals surface area contributed by atoms with Gasteiger partial charge in [-0.05, 0) is 38.3 Å². The summed E-state index contributed by atoms with van der Waals surface area (Å²) in [6.07, 6.45) is 2.37. The summed E-state index contributed by atoms with van der Waals surface area (Å²) in [5.74, 6) is 0. The molecule has 0 bridgehead atoms. The van der Waals surface area contributed by atoms with Gasteiger partial charge in [0.2, 0.25) is 0 Å². The van der Waals surface area contributed by atoms with E-state index in [1.165, 1.54) is 4.68 Å². The molecule has 0 aliphatic carbocycles. The Morgan fingerprint density at radius 1 is 1.57 bits per heavy atom. The number of hydrogen-bond acceptors (Lipinski definition) is 3. The van der Waals surface area contributed by atoms with Gasteiger partial charge in [0.05, 0.1) is 10.7 Å². The first-order valence-corrected chi connectivity index (χ1v) is 5.65. The Bertz CT molecular complexity index is 365. The summed E-state index contributed by atoms with van der Waals surface area (Å²) in [5, 5.41) is 3.98. The first-order chi connectivity index (χ1) is 6.66. The fourth-order valence-corrected chi connectivity index (χ4v) is 1.53. The summed E-state index contributed by atoms with van der Waals surface area (Å²) in [7, 11) is 1.63. The molecule has 0 spiro atoms. The molecule has 0 saturated heterocycles. The van der Waals surface area contributed by atoms with Crippen molar-refractivity contribution in [1.82, 2.24) is 9.78 Å². The summed E-state index contributed by atoms with van der Waals surface area (Å²) in [5.41, 5.74) is -0.129. The zero-order valence-electron chi connectivity index (χ0n) is 7.67. The van der Waals surface area contributed by atoms with Gasteiger partial charge in [0.15, 0.2) is 0 Å². The van der Waals surface area contributed by atoms with Crippen molar-refractivity contribution in [2.45, 2.75) is 13.0 Å². The molecule has 6 heteroatoms. The monoisotopic (exact) mass is 324 g/mol. The van der Waals surface area contributed by atoms with Gasteiger partial charge in [-0.2, -0.15) is 5.10 Å². The van der Waals surface area contributed by atoms with Crippen molar-refractivity contribution in [3.05, 3.63) is 25.5 Å². The van der Waals surface area contributed by atoms with E-state index in [9.17, 15) is 4.79 Å². The smallest absolute Gasteiger partial charge is 0.282 e. The van der Waals surface area contributed by atoms with Gasteiger partial charge in [0, 0.05) is 20.3 Å². The van der Waals surface area contributed by atoms with Gasteiger partial charge in [0.1, 0.15) is 4.47 Å². The van der Waals surface area contributed by atoms with Crippen LogP contribution in [0.15, 0.2) is 19.9 Å². The molecular formula is C8H10Br2N2O2. The van der Waals surface area contributed by atoms with Crippen LogP contribution in [-0.4, -0.2) is 23.5 Å². The van der Waals surface area contributed by atoms with Gasteiger partial charge < -0.3 is 4.74 Å². The SMILES string of the molecule is COCCCn1ncc(Br)c(Br)c1=O. The van der Waals surface area contributed by atoms with Crippen molar-refractivity contribution in [3.8, 4) is 0 Å². The van der Waals surface area contributed by atoms with E-state index in [-0.39, 0.29) is 5.56 Å². The number of nitrogens with zero attached hydrogens (tertiary/aromatic N) is 2. The maximum Gasteiger partial charge on any atom is 0.282 e. The number of methoxy groups -OCH3 is 1. The molecule has 1 rings (SSSR count). The molecule has 0 amide bonds. The summed E-state index contributed by atoms with van der Waals surface area (Å²) in [6, 6.07) is 0. The van der Waals surface area contributed by atoms with E-state index in [2.05, 4.69) is 37.0 Å². The number of aryl methyl sites for hydroxylation is 1. The maximum atomic E-state index is 11.6. The minimum Gasteiger partial charge on any atom is -0.385 e. The highest BCUT2D eigenvalue weighted by molar-refractivity contribution is 9.13. The standard InChI is InChI=1S/C8H10Br2N2O2/c1-14-4-2-3-12-8(13)7(10)6(9)5-11-12/h5H,2-4H2,1H3. The molecule has 0 aliphatic heterocycles. The van der Waals surface area contributed by atoms with Crippen LogP contribution in [0.1, 0.15) is 6.42 Å². The molecule has 0 unspecified atom stereocenters. The molecule has 1 heterocycles. The molecule has 0 fully saturated rings. The predicted molar refractivity (Wildman–Crippen MR) is 60.4 cm³/mol. The Morgan fingerprint density at radius 2 is 2.29 bits per heavy atom. The molecule has 4 nitrogen and oxygen atoms in total. The molecule has 14 heavy (non-hydrogen) atoms. The van der Waals surface area contributed by atoms with Crippen LogP contribution in [0.25, 0.3) is 0 Å². The molecule has 0 aliphatic rings. The van der Waals surface area contributed by atoms with E-state index in [1.807, 2.05) is 0 Å². The Hall–Kier alpha value is -0.200. The molecular weight excluding hydrogens is 316 g/mol. The summed E-state index contributed by atoms with van der Waals surface area (Å²) < 4.78 is 7.48. The van der Waals surface area contributed by atoms with Crippen LogP contribution in [0.2, 0.25) is 0 Å². The van der Waals surface area contributed by atoms with Gasteiger partial charge in [-0.3, -0.25) is 4.79 Å². The molecule has 78 valence electrons. The Labute approximate surface area is 98.5 Å². The third-order valence-corrected chi connectivity index (χ3v) is 3.56. The molecule has 0 N–H and O–H groups in total. The Balaban J connectivity index is 2.79. The molecule has 0 atom stereocenters. The minimum absolute atomic E-state index is 0.129. The number of aromatic nitrogens is 2. The zero-order chi connectivity index (χ0) is 10.6. The Kier molecular flexibility index (Phi) is 4.77. The predicted octanol–water partition coefficient (Wildman–Crippen LogP) is 1.80. The lowest BCUT2D eigenvalue weighted by Gasteiger charge is -2.04. The van der Waals surface area contributed by atoms with Crippen LogP contribution in [0.5, 0.6) is 0 Å². The number of halogens is 2. The van der Waals surface area contributed by atoms with Crippen molar-refractivity contribution in [1.29, 1.82) is 0 Å². The van der Waals surface area contributed by atoms with Gasteiger partial charge in [-0.1, -0.05) is 0 Å². The van der Waals surface area contributed by atoms with Crippen molar-refractivity contribution in [3.63, 3.8) is 0 Å². The second-order valence-electron chi connectivity index (χ2n) is 2.68. The second-order valence-corrected chi connectivity index (χ2v) is 4.33. The van der Waals surface area contributed by atoms with Crippen LogP contribution < -0.4 is 5.56 Å². The van der Waals surface area contributed by atoms with E-state index in [0.29, 0.717) is 22.1 Å². The van der Waals surface area contributed by atoms with E-state index >= 15 is 0 Å². The first-order valence-electron chi connectivity index (χ1n) is 4.07. The van der Waals surface area contributed by atoms with Crippen LogP contribution in [0.3, 0.4) is 0 Å². The lowest BCUT2D eigenvalue weighted by Crippen LogP contribution is -2.24. The van der Waals surface area contributed by atoms with Crippen molar-refractivity contribution >= 4 is 31.9 Å². The molecule has 0 radical (unpaired) electrons. The average molecular weight is 326 g/mol. The topological polar surface area (TPSA) is 44.1 Å². The molecule has 1 aromatic rings. The van der Waals surface area contributed by atoms with Crippen molar-refractivity contribution in [2.75, 3.05) is 13.7 Å². The van der Waals surface area contributed by atoms with E-state index in [4.69, 9.17) is 4.74 Å². The Morgan fingerprint density at radius 3 is 2.93 bits per heavy atom. The third kappa shape index (κ3) is 2.90. The zero-order valence-corrected chi connectivity index (χ0v) is 10.8. The normalized spacial score (nSPS) is 10.5.